The van der Waals surface area contributed by atoms with E-state index in [-0.39, 0.29) is 0 Å². The first-order valence-electron chi connectivity index (χ1n) is 2.73. The second-order valence-corrected chi connectivity index (χ2v) is 2.67. The molecule has 1 unspecified atom stereocenters. The van der Waals surface area contributed by atoms with Gasteiger partial charge in [0, 0.05) is 5.92 Å². The lowest BCUT2D eigenvalue weighted by Crippen LogP contribution is -1.85. The molecule has 0 spiro atoms. The molecule has 0 bridgehead atoms. The summed E-state index contributed by atoms with van der Waals surface area (Å²) in [5, 5.41) is 8.63. The molecule has 48 valence electrons. The van der Waals surface area contributed by atoms with Crippen LogP contribution >= 0.6 is 11.3 Å². The van der Waals surface area contributed by atoms with E-state index in [1.54, 1.807) is 16.8 Å². The fourth-order valence-electron chi connectivity index (χ4n) is 0.481. The third kappa shape index (κ3) is 1.36. The summed E-state index contributed by atoms with van der Waals surface area (Å²) >= 11 is 1.56. The van der Waals surface area contributed by atoms with Gasteiger partial charge in [0.25, 0.3) is 0 Å². The van der Waals surface area contributed by atoms with E-state index in [1.807, 2.05) is 13.0 Å². The van der Waals surface area contributed by atoms with Gasteiger partial charge >= 0.3 is 0 Å². The largest absolute Gasteiger partial charge is 0.147 e. The SMILES string of the molecule is C=CC(C)c1nncs1. The fraction of sp³-hybridized carbons (Fsp3) is 0.333. The van der Waals surface area contributed by atoms with Gasteiger partial charge in [-0.25, -0.2) is 0 Å². The molecule has 0 aliphatic rings. The normalized spacial score (nSPS) is 13.0. The molecule has 0 aliphatic heterocycles. The van der Waals surface area contributed by atoms with Crippen LogP contribution in [0.1, 0.15) is 17.8 Å². The molecule has 0 saturated carbocycles. The Balaban J connectivity index is 2.76. The van der Waals surface area contributed by atoms with Gasteiger partial charge in [0.05, 0.1) is 0 Å². The summed E-state index contributed by atoms with van der Waals surface area (Å²) in [5.41, 5.74) is 1.73. The third-order valence-electron chi connectivity index (χ3n) is 1.12. The topological polar surface area (TPSA) is 25.8 Å². The lowest BCUT2D eigenvalue weighted by molar-refractivity contribution is 0.899. The zero-order chi connectivity index (χ0) is 6.69. The predicted octanol–water partition coefficient (Wildman–Crippen LogP) is 1.83. The Morgan fingerprint density at radius 2 is 2.67 bits per heavy atom. The lowest BCUT2D eigenvalue weighted by atomic mass is 10.2. The molecule has 0 radical (unpaired) electrons. The Bertz CT molecular complexity index is 181. The molecule has 1 heterocycles. The molecule has 0 fully saturated rings. The average Bonchev–Trinajstić information content (AvgIpc) is 2.37. The van der Waals surface area contributed by atoms with E-state index in [0.717, 1.165) is 5.01 Å². The van der Waals surface area contributed by atoms with E-state index in [2.05, 4.69) is 16.8 Å². The highest BCUT2D eigenvalue weighted by Crippen LogP contribution is 2.15. The number of hydrogen-bond acceptors (Lipinski definition) is 3. The summed E-state index contributed by atoms with van der Waals surface area (Å²) in [6.45, 7) is 5.70. The molecule has 1 atom stereocenters. The van der Waals surface area contributed by atoms with Crippen LogP contribution in [-0.2, 0) is 0 Å². The van der Waals surface area contributed by atoms with E-state index >= 15 is 0 Å². The van der Waals surface area contributed by atoms with Gasteiger partial charge in [-0.1, -0.05) is 13.0 Å². The summed E-state index contributed by atoms with van der Waals surface area (Å²) in [7, 11) is 0. The van der Waals surface area contributed by atoms with Crippen LogP contribution < -0.4 is 0 Å². The van der Waals surface area contributed by atoms with Gasteiger partial charge in [-0.2, -0.15) is 0 Å². The number of rotatable bonds is 2. The molecule has 0 aliphatic carbocycles. The second-order valence-electron chi connectivity index (χ2n) is 1.80. The first kappa shape index (κ1) is 6.42. The van der Waals surface area contributed by atoms with Gasteiger partial charge in [-0.15, -0.1) is 28.1 Å². The third-order valence-corrected chi connectivity index (χ3v) is 2.01. The number of hydrogen-bond donors (Lipinski definition) is 0. The van der Waals surface area contributed by atoms with Gasteiger partial charge in [-0.05, 0) is 0 Å². The monoisotopic (exact) mass is 140 g/mol. The Hall–Kier alpha value is -0.700. The molecular weight excluding hydrogens is 132 g/mol. The molecule has 1 rings (SSSR count). The van der Waals surface area contributed by atoms with Crippen molar-refractivity contribution in [3.8, 4) is 0 Å². The van der Waals surface area contributed by atoms with Crippen molar-refractivity contribution in [2.75, 3.05) is 0 Å². The Kier molecular flexibility index (Phi) is 1.95. The zero-order valence-corrected chi connectivity index (χ0v) is 6.06. The summed E-state index contributed by atoms with van der Waals surface area (Å²) in [6.07, 6.45) is 1.86. The summed E-state index contributed by atoms with van der Waals surface area (Å²) in [5.74, 6) is 0.345. The Labute approximate surface area is 58.2 Å². The summed E-state index contributed by atoms with van der Waals surface area (Å²) in [6, 6.07) is 0. The van der Waals surface area contributed by atoms with Crippen LogP contribution in [0.15, 0.2) is 18.2 Å². The standard InChI is InChI=1S/C6H8N2S/c1-3-5(2)6-8-7-4-9-6/h3-5H,1H2,2H3. The van der Waals surface area contributed by atoms with Crippen molar-refractivity contribution >= 4 is 11.3 Å². The van der Waals surface area contributed by atoms with Crippen LogP contribution in [0.25, 0.3) is 0 Å². The molecule has 0 amide bonds. The van der Waals surface area contributed by atoms with E-state index in [0.29, 0.717) is 5.92 Å². The van der Waals surface area contributed by atoms with E-state index < -0.39 is 0 Å². The first-order chi connectivity index (χ1) is 4.34. The maximum absolute atomic E-state index is 3.88. The highest BCUT2D eigenvalue weighted by Gasteiger charge is 2.01. The first-order valence-corrected chi connectivity index (χ1v) is 3.61. The lowest BCUT2D eigenvalue weighted by Gasteiger charge is -1.94. The minimum atomic E-state index is 0.345. The quantitative estimate of drug-likeness (QED) is 0.586. The van der Waals surface area contributed by atoms with Crippen molar-refractivity contribution in [1.82, 2.24) is 10.2 Å². The van der Waals surface area contributed by atoms with Crippen LogP contribution in [0.2, 0.25) is 0 Å². The summed E-state index contributed by atoms with van der Waals surface area (Å²) in [4.78, 5) is 0. The van der Waals surface area contributed by atoms with Gasteiger partial charge in [-0.3, -0.25) is 0 Å². The molecule has 0 aromatic carbocycles. The van der Waals surface area contributed by atoms with Crippen LogP contribution in [0.5, 0.6) is 0 Å². The zero-order valence-electron chi connectivity index (χ0n) is 5.24. The molecular formula is C6H8N2S. The van der Waals surface area contributed by atoms with Crippen molar-refractivity contribution in [1.29, 1.82) is 0 Å². The maximum Gasteiger partial charge on any atom is 0.123 e. The molecule has 1 aromatic rings. The van der Waals surface area contributed by atoms with Gasteiger partial charge in [0.1, 0.15) is 10.5 Å². The van der Waals surface area contributed by atoms with Crippen molar-refractivity contribution in [3.05, 3.63) is 23.2 Å². The Morgan fingerprint density at radius 1 is 1.89 bits per heavy atom. The van der Waals surface area contributed by atoms with Gasteiger partial charge < -0.3 is 0 Å². The fourth-order valence-corrected chi connectivity index (χ4v) is 1.09. The van der Waals surface area contributed by atoms with E-state index in [4.69, 9.17) is 0 Å². The highest BCUT2D eigenvalue weighted by atomic mass is 32.1. The molecule has 0 saturated heterocycles. The van der Waals surface area contributed by atoms with E-state index in [1.165, 1.54) is 0 Å². The van der Waals surface area contributed by atoms with Gasteiger partial charge in [0.2, 0.25) is 0 Å². The van der Waals surface area contributed by atoms with Gasteiger partial charge in [0.15, 0.2) is 0 Å². The van der Waals surface area contributed by atoms with Crippen molar-refractivity contribution in [3.63, 3.8) is 0 Å². The molecule has 3 heteroatoms. The van der Waals surface area contributed by atoms with Crippen molar-refractivity contribution in [2.45, 2.75) is 12.8 Å². The van der Waals surface area contributed by atoms with E-state index in [9.17, 15) is 0 Å². The number of allylic oxidation sites excluding steroid dienone is 1. The number of aromatic nitrogens is 2. The minimum Gasteiger partial charge on any atom is -0.147 e. The highest BCUT2D eigenvalue weighted by molar-refractivity contribution is 7.09. The average molecular weight is 140 g/mol. The van der Waals surface area contributed by atoms with Crippen LogP contribution in [-0.4, -0.2) is 10.2 Å². The second kappa shape index (κ2) is 2.73. The van der Waals surface area contributed by atoms with Crippen molar-refractivity contribution in [2.24, 2.45) is 0 Å². The van der Waals surface area contributed by atoms with Crippen LogP contribution in [0, 0.1) is 0 Å². The molecule has 9 heavy (non-hydrogen) atoms. The maximum atomic E-state index is 3.88. The number of nitrogens with zero attached hydrogens (tertiary/aromatic N) is 2. The molecule has 2 nitrogen and oxygen atoms in total. The van der Waals surface area contributed by atoms with Crippen molar-refractivity contribution < 1.29 is 0 Å². The smallest absolute Gasteiger partial charge is 0.123 e. The Morgan fingerprint density at radius 3 is 3.11 bits per heavy atom. The molecule has 1 aromatic heterocycles. The van der Waals surface area contributed by atoms with Crippen LogP contribution in [0.4, 0.5) is 0 Å². The molecule has 0 N–H and O–H groups in total. The van der Waals surface area contributed by atoms with Crippen LogP contribution in [0.3, 0.4) is 0 Å². The minimum absolute atomic E-state index is 0.345. The summed E-state index contributed by atoms with van der Waals surface area (Å²) < 4.78 is 0. The predicted molar refractivity (Wildman–Crippen MR) is 38.5 cm³/mol.